The van der Waals surface area contributed by atoms with E-state index < -0.39 is 5.60 Å². The third kappa shape index (κ3) is 5.36. The maximum absolute atomic E-state index is 12.7. The van der Waals surface area contributed by atoms with Gasteiger partial charge in [-0.3, -0.25) is 24.2 Å². The molecule has 6 heteroatoms. The average molecular weight is 413 g/mol. The van der Waals surface area contributed by atoms with Crippen molar-refractivity contribution in [3.8, 4) is 0 Å². The van der Waals surface area contributed by atoms with Gasteiger partial charge in [-0.2, -0.15) is 0 Å². The Balaban J connectivity index is 1.69. The summed E-state index contributed by atoms with van der Waals surface area (Å²) < 4.78 is 5.52. The molecule has 30 heavy (non-hydrogen) atoms. The fourth-order valence-corrected chi connectivity index (χ4v) is 4.20. The summed E-state index contributed by atoms with van der Waals surface area (Å²) in [6, 6.07) is 7.03. The Kier molecular flexibility index (Phi) is 6.76. The Hall–Kier alpha value is -2.47. The lowest BCUT2D eigenvalue weighted by Crippen LogP contribution is -2.45. The molecule has 0 saturated carbocycles. The molecule has 1 atom stereocenters. The van der Waals surface area contributed by atoms with Crippen molar-refractivity contribution in [3.05, 3.63) is 47.5 Å². The normalized spacial score (nSPS) is 20.7. The van der Waals surface area contributed by atoms with Crippen molar-refractivity contribution in [2.45, 2.75) is 64.5 Å². The maximum Gasteiger partial charge on any atom is 0.320 e. The van der Waals surface area contributed by atoms with Crippen LogP contribution in [0.25, 0.3) is 0 Å². The van der Waals surface area contributed by atoms with Gasteiger partial charge in [0, 0.05) is 19.1 Å². The van der Waals surface area contributed by atoms with Gasteiger partial charge in [0.25, 0.3) is 11.8 Å². The molecular formula is C24H32N2O4. The molecule has 2 aliphatic heterocycles. The molecule has 2 aliphatic rings. The summed E-state index contributed by atoms with van der Waals surface area (Å²) in [4.78, 5) is 41.3. The fraction of sp³-hybridized carbons (Fsp3) is 0.542. The summed E-state index contributed by atoms with van der Waals surface area (Å²) in [6.45, 7) is 10.9. The lowest BCUT2D eigenvalue weighted by molar-refractivity contribution is -0.156. The first kappa shape index (κ1) is 22.2. The largest absolute Gasteiger partial charge is 0.459 e. The maximum atomic E-state index is 12.7. The van der Waals surface area contributed by atoms with E-state index in [0.717, 1.165) is 31.3 Å². The number of hydrogen-bond acceptors (Lipinski definition) is 5. The molecule has 0 bridgehead atoms. The smallest absolute Gasteiger partial charge is 0.320 e. The van der Waals surface area contributed by atoms with Crippen LogP contribution in [0, 0.1) is 0 Å². The van der Waals surface area contributed by atoms with Gasteiger partial charge in [-0.1, -0.05) is 30.7 Å². The average Bonchev–Trinajstić information content (AvgIpc) is 2.89. The Labute approximate surface area is 178 Å². The van der Waals surface area contributed by atoms with Crippen molar-refractivity contribution in [2.24, 2.45) is 0 Å². The second kappa shape index (κ2) is 9.13. The zero-order chi connectivity index (χ0) is 21.9. The molecule has 0 spiro atoms. The number of amides is 2. The molecule has 1 aromatic carbocycles. The minimum atomic E-state index is -0.535. The third-order valence-electron chi connectivity index (χ3n) is 5.58. The van der Waals surface area contributed by atoms with Crippen LogP contribution < -0.4 is 0 Å². The number of carbonyl (C=O) groups excluding carboxylic acids is 3. The number of imide groups is 1. The van der Waals surface area contributed by atoms with Gasteiger partial charge in [-0.05, 0) is 58.6 Å². The zero-order valence-electron chi connectivity index (χ0n) is 18.3. The third-order valence-corrected chi connectivity index (χ3v) is 5.58. The molecule has 1 unspecified atom stereocenters. The van der Waals surface area contributed by atoms with E-state index >= 15 is 0 Å². The minimum absolute atomic E-state index is 0.0823. The highest BCUT2D eigenvalue weighted by Gasteiger charge is 2.36. The number of rotatable bonds is 5. The summed E-state index contributed by atoms with van der Waals surface area (Å²) in [5, 5.41) is 0. The summed E-state index contributed by atoms with van der Waals surface area (Å²) in [6.07, 6.45) is 4.59. The molecule has 162 valence electrons. The molecule has 1 aromatic rings. The molecule has 1 fully saturated rings. The van der Waals surface area contributed by atoms with Crippen LogP contribution in [0.5, 0.6) is 0 Å². The van der Waals surface area contributed by atoms with E-state index in [-0.39, 0.29) is 30.4 Å². The Morgan fingerprint density at radius 2 is 1.77 bits per heavy atom. The van der Waals surface area contributed by atoms with Crippen LogP contribution in [0.15, 0.2) is 36.4 Å². The second-order valence-electron chi connectivity index (χ2n) is 9.24. The highest BCUT2D eigenvalue weighted by Crippen LogP contribution is 2.26. The lowest BCUT2D eigenvalue weighted by atomic mass is 9.97. The lowest BCUT2D eigenvalue weighted by Gasteiger charge is -2.35. The van der Waals surface area contributed by atoms with Gasteiger partial charge in [0.1, 0.15) is 5.60 Å². The molecule has 2 amide bonds. The highest BCUT2D eigenvalue weighted by atomic mass is 16.6. The Morgan fingerprint density at radius 1 is 1.13 bits per heavy atom. The zero-order valence-corrected chi connectivity index (χ0v) is 18.3. The van der Waals surface area contributed by atoms with Gasteiger partial charge in [0.05, 0.1) is 17.7 Å². The number of benzene rings is 1. The second-order valence-corrected chi connectivity index (χ2v) is 9.24. The monoisotopic (exact) mass is 412 g/mol. The van der Waals surface area contributed by atoms with Crippen molar-refractivity contribution in [2.75, 3.05) is 19.6 Å². The summed E-state index contributed by atoms with van der Waals surface area (Å²) in [5.74, 6) is -0.726. The molecule has 0 radical (unpaired) electrons. The Bertz CT molecular complexity index is 805. The first-order valence-electron chi connectivity index (χ1n) is 10.7. The van der Waals surface area contributed by atoms with E-state index in [4.69, 9.17) is 4.74 Å². The van der Waals surface area contributed by atoms with E-state index in [0.29, 0.717) is 30.6 Å². The van der Waals surface area contributed by atoms with E-state index in [1.807, 2.05) is 20.8 Å². The number of likely N-dealkylation sites (tertiary alicyclic amines) is 1. The molecule has 2 heterocycles. The topological polar surface area (TPSA) is 66.9 Å². The fourth-order valence-electron chi connectivity index (χ4n) is 4.20. The van der Waals surface area contributed by atoms with Crippen LogP contribution in [0.1, 0.15) is 73.6 Å². The molecule has 6 nitrogen and oxygen atoms in total. The van der Waals surface area contributed by atoms with Gasteiger partial charge in [0.15, 0.2) is 0 Å². The number of fused-ring (bicyclic) bond motifs is 1. The SMILES string of the molecule is C=C1CCCCC(CCN2C(=O)c3ccccc3C2=O)N(CC(=O)OC(C)(C)C)C1. The molecule has 0 aromatic heterocycles. The molecule has 3 rings (SSSR count). The van der Waals surface area contributed by atoms with Crippen LogP contribution in [0.2, 0.25) is 0 Å². The number of hydrogen-bond donors (Lipinski definition) is 0. The summed E-state index contributed by atoms with van der Waals surface area (Å²) in [5.41, 5.74) is 1.51. The van der Waals surface area contributed by atoms with Crippen molar-refractivity contribution in [1.82, 2.24) is 9.80 Å². The molecule has 0 aliphatic carbocycles. The van der Waals surface area contributed by atoms with E-state index in [2.05, 4.69) is 11.5 Å². The summed E-state index contributed by atoms with van der Waals surface area (Å²) in [7, 11) is 0. The van der Waals surface area contributed by atoms with Crippen LogP contribution in [0.3, 0.4) is 0 Å². The Morgan fingerprint density at radius 3 is 2.37 bits per heavy atom. The van der Waals surface area contributed by atoms with Gasteiger partial charge < -0.3 is 4.74 Å². The van der Waals surface area contributed by atoms with Gasteiger partial charge in [0.2, 0.25) is 0 Å². The van der Waals surface area contributed by atoms with Gasteiger partial charge in [-0.25, -0.2) is 0 Å². The van der Waals surface area contributed by atoms with Crippen molar-refractivity contribution in [3.63, 3.8) is 0 Å². The van der Waals surface area contributed by atoms with Crippen LogP contribution in [0.4, 0.5) is 0 Å². The molecular weight excluding hydrogens is 380 g/mol. The van der Waals surface area contributed by atoms with Crippen LogP contribution >= 0.6 is 0 Å². The predicted molar refractivity (Wildman–Crippen MR) is 115 cm³/mol. The van der Waals surface area contributed by atoms with Crippen LogP contribution in [-0.2, 0) is 9.53 Å². The number of carbonyl (C=O) groups is 3. The summed E-state index contributed by atoms with van der Waals surface area (Å²) >= 11 is 0. The predicted octanol–water partition coefficient (Wildman–Crippen LogP) is 3.82. The van der Waals surface area contributed by atoms with Crippen molar-refractivity contribution >= 4 is 17.8 Å². The standard InChI is InChI=1S/C24H32N2O4/c1-17-9-5-6-10-18(25(15-17)16-21(27)30-24(2,3)4)13-14-26-22(28)19-11-7-8-12-20(19)23(26)29/h7-8,11-12,18H,1,5-6,9-10,13-16H2,2-4H3. The molecule has 1 saturated heterocycles. The highest BCUT2D eigenvalue weighted by molar-refractivity contribution is 6.21. The van der Waals surface area contributed by atoms with Gasteiger partial charge in [-0.15, -0.1) is 0 Å². The van der Waals surface area contributed by atoms with E-state index in [1.165, 1.54) is 4.90 Å². The van der Waals surface area contributed by atoms with Crippen molar-refractivity contribution in [1.29, 1.82) is 0 Å². The molecule has 0 N–H and O–H groups in total. The first-order chi connectivity index (χ1) is 14.2. The van der Waals surface area contributed by atoms with E-state index in [9.17, 15) is 14.4 Å². The van der Waals surface area contributed by atoms with Gasteiger partial charge >= 0.3 is 5.97 Å². The van der Waals surface area contributed by atoms with Crippen molar-refractivity contribution < 1.29 is 19.1 Å². The first-order valence-corrected chi connectivity index (χ1v) is 10.7. The quantitative estimate of drug-likeness (QED) is 0.418. The van der Waals surface area contributed by atoms with Crippen LogP contribution in [-0.4, -0.2) is 58.9 Å². The minimum Gasteiger partial charge on any atom is -0.459 e. The number of nitrogens with zero attached hydrogens (tertiary/aromatic N) is 2. The number of esters is 1. The number of ether oxygens (including phenoxy) is 1. The van der Waals surface area contributed by atoms with E-state index in [1.54, 1.807) is 24.3 Å².